The van der Waals surface area contributed by atoms with Crippen LogP contribution in [0.25, 0.3) is 0 Å². The smallest absolute Gasteiger partial charge is 0.212 e. The highest BCUT2D eigenvalue weighted by molar-refractivity contribution is 7.89. The van der Waals surface area contributed by atoms with Gasteiger partial charge in [-0.2, -0.15) is 13.2 Å². The van der Waals surface area contributed by atoms with Gasteiger partial charge < -0.3 is 0 Å². The second-order valence-electron chi connectivity index (χ2n) is 3.97. The van der Waals surface area contributed by atoms with E-state index in [9.17, 15) is 21.6 Å². The van der Waals surface area contributed by atoms with Gasteiger partial charge >= 0.3 is 6.18 Å². The van der Waals surface area contributed by atoms with E-state index in [1.54, 1.807) is 6.92 Å². The lowest BCUT2D eigenvalue weighted by atomic mass is 10.1. The fraction of sp³-hybridized carbons (Fsp3) is 0.455. The highest BCUT2D eigenvalue weighted by Crippen LogP contribution is 2.29. The molecule has 0 amide bonds. The summed E-state index contributed by atoms with van der Waals surface area (Å²) in [6.45, 7) is 1.55. The predicted octanol–water partition coefficient (Wildman–Crippen LogP) is 2.92. The number of alkyl halides is 4. The zero-order chi connectivity index (χ0) is 14.7. The maximum absolute atomic E-state index is 12.4. The normalized spacial score (nSPS) is 14.4. The van der Waals surface area contributed by atoms with Gasteiger partial charge in [-0.25, -0.2) is 13.1 Å². The molecular weight excluding hydrogens is 303 g/mol. The summed E-state index contributed by atoms with van der Waals surface area (Å²) in [5.74, 6) is -0.283. The van der Waals surface area contributed by atoms with E-state index in [4.69, 9.17) is 11.6 Å². The molecule has 0 fully saturated rings. The molecule has 1 atom stereocenters. The van der Waals surface area contributed by atoms with Gasteiger partial charge in [-0.15, -0.1) is 11.6 Å². The van der Waals surface area contributed by atoms with E-state index in [-0.39, 0.29) is 11.6 Å². The minimum atomic E-state index is -4.40. The molecule has 1 aromatic rings. The summed E-state index contributed by atoms with van der Waals surface area (Å²) in [7, 11) is -3.52. The van der Waals surface area contributed by atoms with Crippen molar-refractivity contribution in [2.75, 3.05) is 11.6 Å². The Bertz CT molecular complexity index is 514. The number of hydrogen-bond acceptors (Lipinski definition) is 2. The van der Waals surface area contributed by atoms with Gasteiger partial charge in [0.05, 0.1) is 11.3 Å². The molecule has 0 aromatic heterocycles. The summed E-state index contributed by atoms with van der Waals surface area (Å²) in [5.41, 5.74) is -0.321. The van der Waals surface area contributed by atoms with Gasteiger partial charge in [-0.3, -0.25) is 0 Å². The Morgan fingerprint density at radius 1 is 1.26 bits per heavy atom. The van der Waals surface area contributed by atoms with Crippen LogP contribution in [0.1, 0.15) is 24.1 Å². The van der Waals surface area contributed by atoms with Crippen LogP contribution in [0.4, 0.5) is 13.2 Å². The molecule has 0 spiro atoms. The van der Waals surface area contributed by atoms with Crippen molar-refractivity contribution in [2.24, 2.45) is 0 Å². The lowest BCUT2D eigenvalue weighted by Crippen LogP contribution is -2.29. The van der Waals surface area contributed by atoms with Gasteiger partial charge in [0.1, 0.15) is 0 Å². The fourth-order valence-electron chi connectivity index (χ4n) is 1.46. The summed E-state index contributed by atoms with van der Waals surface area (Å²) >= 11 is 5.34. The van der Waals surface area contributed by atoms with Crippen molar-refractivity contribution in [2.45, 2.75) is 19.1 Å². The Balaban J connectivity index is 2.82. The Morgan fingerprint density at radius 3 is 2.21 bits per heavy atom. The molecule has 1 unspecified atom stereocenters. The molecule has 1 aromatic carbocycles. The number of sulfonamides is 1. The average Bonchev–Trinajstić information content (AvgIpc) is 2.27. The van der Waals surface area contributed by atoms with E-state index in [1.165, 1.54) is 12.1 Å². The van der Waals surface area contributed by atoms with Gasteiger partial charge in [-0.05, 0) is 24.6 Å². The Morgan fingerprint density at radius 2 is 1.79 bits per heavy atom. The largest absolute Gasteiger partial charge is 0.416 e. The Kier molecular flexibility index (Phi) is 5.23. The second kappa shape index (κ2) is 6.11. The minimum Gasteiger partial charge on any atom is -0.212 e. The summed E-state index contributed by atoms with van der Waals surface area (Å²) in [4.78, 5) is 0. The van der Waals surface area contributed by atoms with Crippen molar-refractivity contribution in [1.29, 1.82) is 0 Å². The van der Waals surface area contributed by atoms with Gasteiger partial charge in [0.25, 0.3) is 0 Å². The summed E-state index contributed by atoms with van der Waals surface area (Å²) in [6, 6.07) is 3.71. The minimum absolute atomic E-state index is 0.0466. The molecule has 1 rings (SSSR count). The van der Waals surface area contributed by atoms with Crippen LogP contribution < -0.4 is 4.72 Å². The number of hydrogen-bond donors (Lipinski definition) is 1. The first-order chi connectivity index (χ1) is 8.65. The summed E-state index contributed by atoms with van der Waals surface area (Å²) in [6.07, 6.45) is -4.40. The molecule has 1 N–H and O–H groups in total. The Hall–Kier alpha value is -0.790. The number of rotatable bonds is 5. The first-order valence-electron chi connectivity index (χ1n) is 5.39. The van der Waals surface area contributed by atoms with Crippen LogP contribution in [0.2, 0.25) is 0 Å². The lowest BCUT2D eigenvalue weighted by molar-refractivity contribution is -0.137. The Labute approximate surface area is 114 Å². The zero-order valence-corrected chi connectivity index (χ0v) is 11.6. The van der Waals surface area contributed by atoms with Gasteiger partial charge in [0.15, 0.2) is 0 Å². The summed E-state index contributed by atoms with van der Waals surface area (Å²) < 4.78 is 62.4. The molecule has 0 aliphatic rings. The molecule has 108 valence electrons. The van der Waals surface area contributed by atoms with Crippen LogP contribution in [0.5, 0.6) is 0 Å². The maximum atomic E-state index is 12.4. The molecule has 0 aliphatic carbocycles. The third kappa shape index (κ3) is 5.00. The highest BCUT2D eigenvalue weighted by atomic mass is 35.5. The number of halogens is 4. The van der Waals surface area contributed by atoms with E-state index in [1.807, 2.05) is 0 Å². The molecule has 0 radical (unpaired) electrons. The molecular formula is C11H13ClF3NO2S. The van der Waals surface area contributed by atoms with Crippen molar-refractivity contribution < 1.29 is 21.6 Å². The van der Waals surface area contributed by atoms with Crippen LogP contribution in [0.3, 0.4) is 0 Å². The fourth-order valence-corrected chi connectivity index (χ4v) is 3.06. The standard InChI is InChI=1S/C11H13ClF3NO2S/c1-8(16-19(17,18)7-6-12)9-2-4-10(5-3-9)11(13,14)15/h2-5,8,16H,6-7H2,1H3. The lowest BCUT2D eigenvalue weighted by Gasteiger charge is -2.15. The van der Waals surface area contributed by atoms with E-state index in [0.29, 0.717) is 5.56 Å². The van der Waals surface area contributed by atoms with Crippen molar-refractivity contribution in [1.82, 2.24) is 4.72 Å². The van der Waals surface area contributed by atoms with Crippen molar-refractivity contribution in [3.05, 3.63) is 35.4 Å². The van der Waals surface area contributed by atoms with E-state index in [0.717, 1.165) is 12.1 Å². The molecule has 19 heavy (non-hydrogen) atoms. The third-order valence-electron chi connectivity index (χ3n) is 2.44. The van der Waals surface area contributed by atoms with Crippen LogP contribution in [0, 0.1) is 0 Å². The molecule has 0 bridgehead atoms. The van der Waals surface area contributed by atoms with Crippen molar-refractivity contribution in [3.8, 4) is 0 Å². The molecule has 0 heterocycles. The van der Waals surface area contributed by atoms with Gasteiger partial charge in [0.2, 0.25) is 10.0 Å². The molecule has 0 aliphatic heterocycles. The highest BCUT2D eigenvalue weighted by Gasteiger charge is 2.30. The second-order valence-corrected chi connectivity index (χ2v) is 6.22. The van der Waals surface area contributed by atoms with Crippen LogP contribution in [-0.4, -0.2) is 20.1 Å². The zero-order valence-electron chi connectivity index (χ0n) is 10.0. The first-order valence-corrected chi connectivity index (χ1v) is 7.57. The van der Waals surface area contributed by atoms with Gasteiger partial charge in [0, 0.05) is 11.9 Å². The van der Waals surface area contributed by atoms with Crippen LogP contribution in [0.15, 0.2) is 24.3 Å². The van der Waals surface area contributed by atoms with Gasteiger partial charge in [-0.1, -0.05) is 12.1 Å². The van der Waals surface area contributed by atoms with Crippen LogP contribution in [-0.2, 0) is 16.2 Å². The SMILES string of the molecule is CC(NS(=O)(=O)CCCl)c1ccc(C(F)(F)F)cc1. The quantitative estimate of drug-likeness (QED) is 0.849. The van der Waals surface area contributed by atoms with E-state index in [2.05, 4.69) is 4.72 Å². The topological polar surface area (TPSA) is 46.2 Å². The molecule has 8 heteroatoms. The first kappa shape index (κ1) is 16.3. The monoisotopic (exact) mass is 315 g/mol. The van der Waals surface area contributed by atoms with Crippen molar-refractivity contribution in [3.63, 3.8) is 0 Å². The molecule has 0 saturated carbocycles. The third-order valence-corrected chi connectivity index (χ3v) is 4.31. The summed E-state index contributed by atoms with van der Waals surface area (Å²) in [5, 5.41) is 0. The number of benzene rings is 1. The predicted molar refractivity (Wildman–Crippen MR) is 67.5 cm³/mol. The maximum Gasteiger partial charge on any atom is 0.416 e. The molecule has 3 nitrogen and oxygen atoms in total. The van der Waals surface area contributed by atoms with Crippen LogP contribution >= 0.6 is 11.6 Å². The van der Waals surface area contributed by atoms with E-state index < -0.39 is 27.8 Å². The number of nitrogens with one attached hydrogen (secondary N) is 1. The molecule has 0 saturated heterocycles. The van der Waals surface area contributed by atoms with E-state index >= 15 is 0 Å². The van der Waals surface area contributed by atoms with Crippen molar-refractivity contribution >= 4 is 21.6 Å². The average molecular weight is 316 g/mol.